The van der Waals surface area contributed by atoms with Crippen LogP contribution >= 0.6 is 0 Å². The number of aliphatic hydroxyl groups is 4. The van der Waals surface area contributed by atoms with Crippen LogP contribution < -0.4 is 22.3 Å². The van der Waals surface area contributed by atoms with Crippen molar-refractivity contribution in [3.05, 3.63) is 0 Å². The standard InChI is InChI=1S/C8H16N6O6/c9-7(19)13-11-1-3(12-14-8(10)20)5(17)6(18)4(16)2-15/h1,4-6,15-18H,2H2,(H3,9,13,19)(H3,10,14,20)/b11-1-,12-3-/t4-,5+,6-/m0/s1. The molecular formula is C8H16N6O6. The molecule has 0 unspecified atom stereocenters. The van der Waals surface area contributed by atoms with Gasteiger partial charge in [0.15, 0.2) is 0 Å². The number of urea groups is 2. The maximum Gasteiger partial charge on any atom is 0.332 e. The van der Waals surface area contributed by atoms with Gasteiger partial charge in [-0.25, -0.2) is 20.4 Å². The summed E-state index contributed by atoms with van der Waals surface area (Å²) in [6.45, 7) is -0.828. The van der Waals surface area contributed by atoms with Gasteiger partial charge in [-0.2, -0.15) is 10.2 Å². The maximum atomic E-state index is 10.5. The first kappa shape index (κ1) is 17.7. The Hall–Kier alpha value is -2.28. The summed E-state index contributed by atoms with van der Waals surface area (Å²) < 4.78 is 0. The Morgan fingerprint density at radius 2 is 1.70 bits per heavy atom. The summed E-state index contributed by atoms with van der Waals surface area (Å²) in [4.78, 5) is 20.9. The van der Waals surface area contributed by atoms with Crippen LogP contribution in [0.3, 0.4) is 0 Å². The summed E-state index contributed by atoms with van der Waals surface area (Å²) >= 11 is 0. The quantitative estimate of drug-likeness (QED) is 0.171. The summed E-state index contributed by atoms with van der Waals surface area (Å²) in [6, 6.07) is -2.07. The highest BCUT2D eigenvalue weighted by Crippen LogP contribution is 2.01. The summed E-state index contributed by atoms with van der Waals surface area (Å²) in [6.07, 6.45) is -4.57. The molecule has 10 N–H and O–H groups in total. The molecule has 0 saturated carbocycles. The van der Waals surface area contributed by atoms with Crippen molar-refractivity contribution in [2.45, 2.75) is 18.3 Å². The minimum absolute atomic E-state index is 0.461. The highest BCUT2D eigenvalue weighted by atomic mass is 16.4. The first-order valence-electron chi connectivity index (χ1n) is 5.16. The van der Waals surface area contributed by atoms with Gasteiger partial charge >= 0.3 is 12.1 Å². The van der Waals surface area contributed by atoms with Gasteiger partial charge in [0.25, 0.3) is 0 Å². The minimum atomic E-state index is -1.83. The minimum Gasteiger partial charge on any atom is -0.394 e. The van der Waals surface area contributed by atoms with Crippen molar-refractivity contribution < 1.29 is 30.0 Å². The molecule has 0 fully saturated rings. The van der Waals surface area contributed by atoms with Gasteiger partial charge in [-0.15, -0.1) is 0 Å². The molecule has 114 valence electrons. The van der Waals surface area contributed by atoms with Crippen LogP contribution in [-0.4, -0.2) is 69.3 Å². The monoisotopic (exact) mass is 292 g/mol. The van der Waals surface area contributed by atoms with Crippen LogP contribution in [0.4, 0.5) is 9.59 Å². The topological polar surface area (TPSA) is 216 Å². The number of primary amides is 2. The fourth-order valence-corrected chi connectivity index (χ4v) is 0.946. The second-order valence-electron chi connectivity index (χ2n) is 3.43. The van der Waals surface area contributed by atoms with E-state index in [9.17, 15) is 24.9 Å². The summed E-state index contributed by atoms with van der Waals surface area (Å²) in [7, 11) is 0. The fraction of sp³-hybridized carbons (Fsp3) is 0.500. The number of aliphatic hydroxyl groups excluding tert-OH is 4. The predicted octanol–water partition coefficient (Wildman–Crippen LogP) is -4.26. The lowest BCUT2D eigenvalue weighted by molar-refractivity contribution is -0.0549. The van der Waals surface area contributed by atoms with Gasteiger partial charge < -0.3 is 31.9 Å². The molecule has 0 rings (SSSR count). The Bertz CT molecular complexity index is 399. The van der Waals surface area contributed by atoms with E-state index >= 15 is 0 Å². The van der Waals surface area contributed by atoms with Crippen molar-refractivity contribution >= 4 is 24.0 Å². The van der Waals surface area contributed by atoms with Crippen LogP contribution in [0.1, 0.15) is 0 Å². The molecule has 0 saturated heterocycles. The molecule has 0 aromatic rings. The third-order valence-corrected chi connectivity index (χ3v) is 1.87. The van der Waals surface area contributed by atoms with Crippen molar-refractivity contribution in [1.29, 1.82) is 0 Å². The number of carbonyl (C=O) groups excluding carboxylic acids is 2. The van der Waals surface area contributed by atoms with Crippen LogP contribution in [0.25, 0.3) is 0 Å². The zero-order chi connectivity index (χ0) is 15.7. The average molecular weight is 292 g/mol. The molecule has 0 bridgehead atoms. The number of hydrogen-bond donors (Lipinski definition) is 8. The number of nitrogens with two attached hydrogens (primary N) is 2. The van der Waals surface area contributed by atoms with Crippen molar-refractivity contribution in [2.75, 3.05) is 6.61 Å². The van der Waals surface area contributed by atoms with E-state index in [2.05, 4.69) is 10.2 Å². The van der Waals surface area contributed by atoms with Crippen molar-refractivity contribution in [2.24, 2.45) is 21.7 Å². The Kier molecular flexibility index (Phi) is 7.76. The van der Waals surface area contributed by atoms with E-state index in [0.717, 1.165) is 6.21 Å². The van der Waals surface area contributed by atoms with Crippen molar-refractivity contribution in [3.8, 4) is 0 Å². The van der Waals surface area contributed by atoms with Crippen LogP contribution in [-0.2, 0) is 0 Å². The largest absolute Gasteiger partial charge is 0.394 e. The van der Waals surface area contributed by atoms with Crippen molar-refractivity contribution in [1.82, 2.24) is 10.9 Å². The number of rotatable bonds is 7. The number of nitrogens with one attached hydrogen (secondary N) is 2. The van der Waals surface area contributed by atoms with E-state index < -0.39 is 42.7 Å². The summed E-state index contributed by atoms with van der Waals surface area (Å²) in [5, 5.41) is 43.5. The molecule has 0 aliphatic carbocycles. The van der Waals surface area contributed by atoms with Gasteiger partial charge in [0.2, 0.25) is 0 Å². The third kappa shape index (κ3) is 6.60. The zero-order valence-corrected chi connectivity index (χ0v) is 10.2. The van der Waals surface area contributed by atoms with Crippen LogP contribution in [0, 0.1) is 0 Å². The van der Waals surface area contributed by atoms with Gasteiger partial charge in [-0.05, 0) is 0 Å². The molecule has 0 radical (unpaired) electrons. The van der Waals surface area contributed by atoms with Gasteiger partial charge in [-0.1, -0.05) is 0 Å². The van der Waals surface area contributed by atoms with E-state index in [0.29, 0.717) is 0 Å². The molecule has 0 heterocycles. The molecule has 0 aromatic heterocycles. The Morgan fingerprint density at radius 3 is 2.15 bits per heavy atom. The molecule has 3 atom stereocenters. The van der Waals surface area contributed by atoms with E-state index in [-0.39, 0.29) is 0 Å². The fourth-order valence-electron chi connectivity index (χ4n) is 0.946. The molecule has 0 aliphatic rings. The average Bonchev–Trinajstić information content (AvgIpc) is 2.39. The molecule has 12 nitrogen and oxygen atoms in total. The van der Waals surface area contributed by atoms with Crippen LogP contribution in [0.15, 0.2) is 10.2 Å². The molecule has 0 aliphatic heterocycles. The molecule has 4 amide bonds. The smallest absolute Gasteiger partial charge is 0.332 e. The van der Waals surface area contributed by atoms with E-state index in [1.54, 1.807) is 10.9 Å². The number of nitrogens with zero attached hydrogens (tertiary/aromatic N) is 2. The van der Waals surface area contributed by atoms with Gasteiger partial charge in [0, 0.05) is 0 Å². The first-order chi connectivity index (χ1) is 9.29. The first-order valence-corrected chi connectivity index (χ1v) is 5.16. The lowest BCUT2D eigenvalue weighted by Crippen LogP contribution is -2.45. The molecular weight excluding hydrogens is 276 g/mol. The second kappa shape index (κ2) is 8.76. The van der Waals surface area contributed by atoms with E-state index in [1.165, 1.54) is 0 Å². The lowest BCUT2D eigenvalue weighted by Gasteiger charge is -2.21. The Balaban J connectivity index is 5.00. The van der Waals surface area contributed by atoms with Gasteiger partial charge in [-0.3, -0.25) is 0 Å². The number of amides is 4. The highest BCUT2D eigenvalue weighted by molar-refractivity contribution is 6.32. The second-order valence-corrected chi connectivity index (χ2v) is 3.43. The predicted molar refractivity (Wildman–Crippen MR) is 66.5 cm³/mol. The third-order valence-electron chi connectivity index (χ3n) is 1.87. The number of hydrazone groups is 2. The summed E-state index contributed by atoms with van der Waals surface area (Å²) in [5.41, 5.74) is 12.6. The number of hydrogen-bond acceptors (Lipinski definition) is 8. The highest BCUT2D eigenvalue weighted by Gasteiger charge is 2.28. The van der Waals surface area contributed by atoms with Crippen molar-refractivity contribution in [3.63, 3.8) is 0 Å². The van der Waals surface area contributed by atoms with Gasteiger partial charge in [0.1, 0.15) is 24.0 Å². The van der Waals surface area contributed by atoms with E-state index in [1.807, 2.05) is 0 Å². The van der Waals surface area contributed by atoms with Crippen LogP contribution in [0.5, 0.6) is 0 Å². The maximum absolute atomic E-state index is 10.5. The molecule has 0 spiro atoms. The summed E-state index contributed by atoms with van der Waals surface area (Å²) in [5.74, 6) is 0. The SMILES string of the molecule is NC(=O)N/N=C\C(=N\NC(N)=O)[C@@H](O)[C@@H](O)[C@@H](O)CO. The zero-order valence-electron chi connectivity index (χ0n) is 10.2. The Labute approximate surface area is 112 Å². The molecule has 0 aromatic carbocycles. The van der Waals surface area contributed by atoms with Crippen LogP contribution in [0.2, 0.25) is 0 Å². The number of carbonyl (C=O) groups is 2. The Morgan fingerprint density at radius 1 is 1.15 bits per heavy atom. The lowest BCUT2D eigenvalue weighted by atomic mass is 10.0. The van der Waals surface area contributed by atoms with Gasteiger partial charge in [0.05, 0.1) is 12.8 Å². The molecule has 20 heavy (non-hydrogen) atoms. The van der Waals surface area contributed by atoms with E-state index in [4.69, 9.17) is 16.6 Å². The normalized spacial score (nSPS) is 16.5. The molecule has 12 heteroatoms.